The Kier molecular flexibility index (Phi) is 7.32. The molecule has 4 rings (SSSR count). The van der Waals surface area contributed by atoms with E-state index in [1.54, 1.807) is 13.0 Å². The van der Waals surface area contributed by atoms with Crippen molar-refractivity contribution in [2.24, 2.45) is 0 Å². The molecule has 1 N–H and O–H groups in total. The summed E-state index contributed by atoms with van der Waals surface area (Å²) in [5.74, 6) is 2.81. The minimum absolute atomic E-state index is 0.142. The van der Waals surface area contributed by atoms with E-state index in [9.17, 15) is 4.79 Å². The Hall–Kier alpha value is -3.59. The van der Waals surface area contributed by atoms with Crippen LogP contribution in [0.25, 0.3) is 5.69 Å². The van der Waals surface area contributed by atoms with Crippen LogP contribution in [0.3, 0.4) is 0 Å². The van der Waals surface area contributed by atoms with E-state index in [4.69, 9.17) is 9.26 Å². The van der Waals surface area contributed by atoms with Gasteiger partial charge in [0.2, 0.25) is 5.91 Å². The van der Waals surface area contributed by atoms with E-state index in [-0.39, 0.29) is 17.8 Å². The fourth-order valence-corrected chi connectivity index (χ4v) is 4.14. The van der Waals surface area contributed by atoms with Crippen LogP contribution in [0.5, 0.6) is 5.75 Å². The van der Waals surface area contributed by atoms with Crippen molar-refractivity contribution in [2.45, 2.75) is 44.9 Å². The van der Waals surface area contributed by atoms with Gasteiger partial charge in [0, 0.05) is 11.8 Å². The summed E-state index contributed by atoms with van der Waals surface area (Å²) in [6, 6.07) is 19.5. The third kappa shape index (κ3) is 5.66. The van der Waals surface area contributed by atoms with Gasteiger partial charge in [-0.25, -0.2) is 0 Å². The van der Waals surface area contributed by atoms with Crippen molar-refractivity contribution in [1.82, 2.24) is 19.9 Å². The normalized spacial score (nSPS) is 12.0. The van der Waals surface area contributed by atoms with Gasteiger partial charge in [-0.15, -0.1) is 10.2 Å². The number of ether oxygens (including phenoxy) is 1. The molecule has 2 aromatic heterocycles. The molecular weight excluding hydrogens is 450 g/mol. The first-order valence-electron chi connectivity index (χ1n) is 11.0. The van der Waals surface area contributed by atoms with Gasteiger partial charge in [0.1, 0.15) is 11.5 Å². The Morgan fingerprint density at radius 1 is 1.09 bits per heavy atom. The van der Waals surface area contributed by atoms with Gasteiger partial charge in [-0.2, -0.15) is 0 Å². The maximum absolute atomic E-state index is 12.4. The Morgan fingerprint density at radius 2 is 1.82 bits per heavy atom. The number of aromatic nitrogens is 4. The third-order valence-corrected chi connectivity index (χ3v) is 6.05. The second-order valence-electron chi connectivity index (χ2n) is 8.16. The van der Waals surface area contributed by atoms with Crippen LogP contribution < -0.4 is 10.1 Å². The molecule has 1 amide bonds. The molecule has 0 saturated heterocycles. The van der Waals surface area contributed by atoms with Crippen molar-refractivity contribution in [3.63, 3.8) is 0 Å². The first-order chi connectivity index (χ1) is 16.4. The van der Waals surface area contributed by atoms with Crippen molar-refractivity contribution < 1.29 is 14.1 Å². The van der Waals surface area contributed by atoms with Gasteiger partial charge in [0.15, 0.2) is 22.9 Å². The SMILES string of the molecule is Cc1cc(NC(=O)CSc2nnc(C(C)Oc3ccc(C(C)C)cc3)n2-c2ccccc2)no1. The van der Waals surface area contributed by atoms with Crippen LogP contribution in [0.1, 0.15) is 49.9 Å². The van der Waals surface area contributed by atoms with Crippen LogP contribution in [0, 0.1) is 6.92 Å². The molecule has 0 fully saturated rings. The van der Waals surface area contributed by atoms with Crippen LogP contribution in [0.4, 0.5) is 5.82 Å². The van der Waals surface area contributed by atoms with Gasteiger partial charge in [0.25, 0.3) is 0 Å². The van der Waals surface area contributed by atoms with E-state index in [1.807, 2.05) is 54.0 Å². The van der Waals surface area contributed by atoms with E-state index < -0.39 is 0 Å². The van der Waals surface area contributed by atoms with Gasteiger partial charge in [-0.1, -0.05) is 61.1 Å². The molecule has 8 nitrogen and oxygen atoms in total. The number of thioether (sulfide) groups is 1. The predicted octanol–water partition coefficient (Wildman–Crippen LogP) is 5.56. The molecule has 1 unspecified atom stereocenters. The number of carbonyl (C=O) groups excluding carboxylic acids is 1. The summed E-state index contributed by atoms with van der Waals surface area (Å²) in [6.45, 7) is 8.02. The first kappa shape index (κ1) is 23.6. The fourth-order valence-electron chi connectivity index (χ4n) is 3.38. The first-order valence-corrected chi connectivity index (χ1v) is 12.0. The molecule has 9 heteroatoms. The lowest BCUT2D eigenvalue weighted by Crippen LogP contribution is -2.15. The number of para-hydroxylation sites is 1. The zero-order chi connectivity index (χ0) is 24.1. The monoisotopic (exact) mass is 477 g/mol. The average molecular weight is 478 g/mol. The van der Waals surface area contributed by atoms with Gasteiger partial charge in [0.05, 0.1) is 5.75 Å². The van der Waals surface area contributed by atoms with Crippen molar-refractivity contribution in [3.05, 3.63) is 77.8 Å². The van der Waals surface area contributed by atoms with Crippen molar-refractivity contribution >= 4 is 23.5 Å². The minimum Gasteiger partial charge on any atom is -0.483 e. The molecular formula is C25H27N5O3S. The van der Waals surface area contributed by atoms with Gasteiger partial charge in [-0.05, 0) is 49.6 Å². The number of carbonyl (C=O) groups is 1. The van der Waals surface area contributed by atoms with Gasteiger partial charge < -0.3 is 14.6 Å². The Bertz CT molecular complexity index is 1240. The van der Waals surface area contributed by atoms with Crippen LogP contribution in [-0.2, 0) is 4.79 Å². The molecule has 176 valence electrons. The van der Waals surface area contributed by atoms with Crippen molar-refractivity contribution in [2.75, 3.05) is 11.1 Å². The quantitative estimate of drug-likeness (QED) is 0.315. The largest absolute Gasteiger partial charge is 0.483 e. The summed E-state index contributed by atoms with van der Waals surface area (Å²) < 4.78 is 13.1. The summed E-state index contributed by atoms with van der Waals surface area (Å²) in [6.07, 6.45) is -0.362. The van der Waals surface area contributed by atoms with Crippen LogP contribution in [0.15, 0.2) is 70.3 Å². The average Bonchev–Trinajstić information content (AvgIpc) is 3.44. The smallest absolute Gasteiger partial charge is 0.236 e. The number of nitrogens with one attached hydrogen (secondary N) is 1. The highest BCUT2D eigenvalue weighted by molar-refractivity contribution is 7.99. The van der Waals surface area contributed by atoms with E-state index >= 15 is 0 Å². The van der Waals surface area contributed by atoms with Crippen LogP contribution >= 0.6 is 11.8 Å². The maximum Gasteiger partial charge on any atom is 0.236 e. The lowest BCUT2D eigenvalue weighted by molar-refractivity contribution is -0.113. The number of benzene rings is 2. The molecule has 1 atom stereocenters. The van der Waals surface area contributed by atoms with E-state index in [0.717, 1.165) is 11.4 Å². The van der Waals surface area contributed by atoms with Gasteiger partial charge >= 0.3 is 0 Å². The van der Waals surface area contributed by atoms with E-state index in [0.29, 0.717) is 28.5 Å². The van der Waals surface area contributed by atoms with Gasteiger partial charge in [-0.3, -0.25) is 9.36 Å². The molecule has 34 heavy (non-hydrogen) atoms. The van der Waals surface area contributed by atoms with E-state index in [2.05, 4.69) is 46.7 Å². The lowest BCUT2D eigenvalue weighted by Gasteiger charge is -2.17. The third-order valence-electron chi connectivity index (χ3n) is 5.12. The summed E-state index contributed by atoms with van der Waals surface area (Å²) >= 11 is 1.29. The zero-order valence-electron chi connectivity index (χ0n) is 19.6. The van der Waals surface area contributed by atoms with Crippen molar-refractivity contribution in [3.8, 4) is 11.4 Å². The molecule has 0 aliphatic carbocycles. The number of amides is 1. The number of hydrogen-bond donors (Lipinski definition) is 1. The molecule has 2 heterocycles. The number of aryl methyl sites for hydroxylation is 1. The topological polar surface area (TPSA) is 95.1 Å². The number of nitrogens with zero attached hydrogens (tertiary/aromatic N) is 4. The molecule has 0 radical (unpaired) electrons. The predicted molar refractivity (Wildman–Crippen MR) is 132 cm³/mol. The fraction of sp³-hybridized carbons (Fsp3) is 0.280. The molecule has 0 spiro atoms. The molecule has 4 aromatic rings. The standard InChI is InChI=1S/C25H27N5O3S/c1-16(2)19-10-12-21(13-11-19)32-18(4)24-27-28-25(30(24)20-8-6-5-7-9-20)34-15-23(31)26-22-14-17(3)33-29-22/h5-14,16,18H,15H2,1-4H3,(H,26,29,31). The number of hydrogen-bond acceptors (Lipinski definition) is 7. The van der Waals surface area contributed by atoms with Crippen molar-refractivity contribution in [1.29, 1.82) is 0 Å². The molecule has 0 aliphatic rings. The Morgan fingerprint density at radius 3 is 2.47 bits per heavy atom. The maximum atomic E-state index is 12.4. The second kappa shape index (κ2) is 10.6. The summed E-state index contributed by atoms with van der Waals surface area (Å²) in [5.41, 5.74) is 2.15. The summed E-state index contributed by atoms with van der Waals surface area (Å²) in [4.78, 5) is 12.4. The molecule has 2 aromatic carbocycles. The summed E-state index contributed by atoms with van der Waals surface area (Å²) in [5, 5.41) is 15.9. The minimum atomic E-state index is -0.362. The van der Waals surface area contributed by atoms with Crippen LogP contribution in [-0.4, -0.2) is 31.6 Å². The molecule has 0 bridgehead atoms. The number of anilines is 1. The second-order valence-corrected chi connectivity index (χ2v) is 9.10. The summed E-state index contributed by atoms with van der Waals surface area (Å²) in [7, 11) is 0. The highest BCUT2D eigenvalue weighted by Crippen LogP contribution is 2.28. The highest BCUT2D eigenvalue weighted by Gasteiger charge is 2.22. The molecule has 0 aliphatic heterocycles. The van der Waals surface area contributed by atoms with E-state index in [1.165, 1.54) is 17.3 Å². The Labute approximate surface area is 202 Å². The zero-order valence-corrected chi connectivity index (χ0v) is 20.4. The highest BCUT2D eigenvalue weighted by atomic mass is 32.2. The lowest BCUT2D eigenvalue weighted by atomic mass is 10.0. The van der Waals surface area contributed by atoms with Crippen LogP contribution in [0.2, 0.25) is 0 Å². The number of rotatable bonds is 9. The molecule has 0 saturated carbocycles. The Balaban J connectivity index is 1.52.